The van der Waals surface area contributed by atoms with Gasteiger partial charge in [0.25, 0.3) is 5.91 Å². The van der Waals surface area contributed by atoms with E-state index in [1.807, 2.05) is 29.2 Å². The fraction of sp³-hybridized carbons (Fsp3) is 0.360. The van der Waals surface area contributed by atoms with Crippen molar-refractivity contribution >= 4 is 5.91 Å². The molecule has 1 fully saturated rings. The second kappa shape index (κ2) is 8.55. The number of carbonyl (C=O) groups excluding carboxylic acids is 1. The third kappa shape index (κ3) is 4.08. The van der Waals surface area contributed by atoms with Crippen molar-refractivity contribution in [2.45, 2.75) is 31.8 Å². The lowest BCUT2D eigenvalue weighted by Crippen LogP contribution is -2.31. The Bertz CT molecular complexity index is 1060. The van der Waals surface area contributed by atoms with Crippen LogP contribution in [0.25, 0.3) is 0 Å². The van der Waals surface area contributed by atoms with E-state index in [-0.39, 0.29) is 11.8 Å². The molecule has 3 aromatic rings. The van der Waals surface area contributed by atoms with Crippen molar-refractivity contribution in [1.82, 2.24) is 20.0 Å². The average Bonchev–Trinajstić information content (AvgIpc) is 3.46. The predicted molar refractivity (Wildman–Crippen MR) is 119 cm³/mol. The molecular formula is C25H28N4O2. The number of hydrogen-bond donors (Lipinski definition) is 1. The van der Waals surface area contributed by atoms with Crippen LogP contribution in [-0.2, 0) is 19.5 Å². The maximum absolute atomic E-state index is 13.0. The van der Waals surface area contributed by atoms with Crippen molar-refractivity contribution in [2.75, 3.05) is 26.7 Å². The molecule has 0 aliphatic carbocycles. The van der Waals surface area contributed by atoms with Crippen LogP contribution in [0.15, 0.2) is 54.6 Å². The van der Waals surface area contributed by atoms with E-state index >= 15 is 0 Å². The summed E-state index contributed by atoms with van der Waals surface area (Å²) in [5.74, 6) is 1.06. The van der Waals surface area contributed by atoms with Crippen molar-refractivity contribution < 1.29 is 9.53 Å². The quantitative estimate of drug-likeness (QED) is 0.690. The summed E-state index contributed by atoms with van der Waals surface area (Å²) in [5, 5.41) is 7.99. The molecule has 2 aliphatic rings. The van der Waals surface area contributed by atoms with Gasteiger partial charge in [0.1, 0.15) is 5.75 Å². The van der Waals surface area contributed by atoms with E-state index in [1.54, 1.807) is 7.11 Å². The fourth-order valence-electron chi connectivity index (χ4n) is 4.79. The van der Waals surface area contributed by atoms with E-state index in [2.05, 4.69) is 40.3 Å². The monoisotopic (exact) mass is 416 g/mol. The van der Waals surface area contributed by atoms with Gasteiger partial charge in [0.05, 0.1) is 12.8 Å². The van der Waals surface area contributed by atoms with Crippen LogP contribution in [0.5, 0.6) is 5.75 Å². The van der Waals surface area contributed by atoms with Crippen molar-refractivity contribution in [3.05, 3.63) is 82.7 Å². The maximum atomic E-state index is 13.0. The molecule has 1 atom stereocenters. The van der Waals surface area contributed by atoms with Crippen LogP contribution in [0.2, 0.25) is 0 Å². The van der Waals surface area contributed by atoms with Gasteiger partial charge in [-0.05, 0) is 30.2 Å². The second-order valence-corrected chi connectivity index (χ2v) is 8.48. The van der Waals surface area contributed by atoms with Gasteiger partial charge in [-0.3, -0.25) is 14.8 Å². The molecule has 1 saturated heterocycles. The van der Waals surface area contributed by atoms with Crippen molar-refractivity contribution in [3.8, 4) is 5.75 Å². The van der Waals surface area contributed by atoms with Crippen LogP contribution < -0.4 is 4.74 Å². The maximum Gasteiger partial charge on any atom is 0.254 e. The topological polar surface area (TPSA) is 61.5 Å². The Kier molecular flexibility index (Phi) is 5.47. The largest absolute Gasteiger partial charge is 0.497 e. The first kappa shape index (κ1) is 19.8. The number of likely N-dealkylation sites (tertiary alicyclic amines) is 1. The molecule has 6 heteroatoms. The predicted octanol–water partition coefficient (Wildman–Crippen LogP) is 3.61. The van der Waals surface area contributed by atoms with Gasteiger partial charge < -0.3 is 9.64 Å². The molecule has 6 nitrogen and oxygen atoms in total. The van der Waals surface area contributed by atoms with Gasteiger partial charge in [-0.2, -0.15) is 5.10 Å². The number of nitrogens with one attached hydrogen (secondary N) is 1. The SMILES string of the molecule is COc1cccc(C(=O)N2CCC(c3n[nH]c4c3CN(Cc3ccccc3)CC4)C2)c1. The van der Waals surface area contributed by atoms with Crippen LogP contribution in [0.4, 0.5) is 0 Å². The Labute approximate surface area is 182 Å². The van der Waals surface area contributed by atoms with Gasteiger partial charge in [-0.15, -0.1) is 0 Å². The molecule has 0 spiro atoms. The Hall–Kier alpha value is -3.12. The van der Waals surface area contributed by atoms with Crippen LogP contribution in [0, 0.1) is 0 Å². The molecule has 2 aromatic carbocycles. The Morgan fingerprint density at radius 2 is 2.03 bits per heavy atom. The van der Waals surface area contributed by atoms with Gasteiger partial charge in [-0.1, -0.05) is 36.4 Å². The molecule has 2 aliphatic heterocycles. The molecule has 0 radical (unpaired) electrons. The number of carbonyl (C=O) groups is 1. The zero-order chi connectivity index (χ0) is 21.2. The zero-order valence-corrected chi connectivity index (χ0v) is 17.9. The lowest BCUT2D eigenvalue weighted by atomic mass is 9.96. The highest BCUT2D eigenvalue weighted by Gasteiger charge is 2.33. The number of rotatable bonds is 5. The molecule has 5 rings (SSSR count). The number of ether oxygens (including phenoxy) is 1. The third-order valence-electron chi connectivity index (χ3n) is 6.47. The fourth-order valence-corrected chi connectivity index (χ4v) is 4.79. The molecule has 0 bridgehead atoms. The van der Waals surface area contributed by atoms with Gasteiger partial charge in [-0.25, -0.2) is 0 Å². The van der Waals surface area contributed by atoms with Crippen molar-refractivity contribution in [1.29, 1.82) is 0 Å². The van der Waals surface area contributed by atoms with Gasteiger partial charge in [0.15, 0.2) is 0 Å². The molecule has 31 heavy (non-hydrogen) atoms. The van der Waals surface area contributed by atoms with Crippen LogP contribution in [0.3, 0.4) is 0 Å². The smallest absolute Gasteiger partial charge is 0.254 e. The summed E-state index contributed by atoms with van der Waals surface area (Å²) in [4.78, 5) is 17.4. The number of hydrogen-bond acceptors (Lipinski definition) is 4. The van der Waals surface area contributed by atoms with E-state index in [0.29, 0.717) is 17.9 Å². The lowest BCUT2D eigenvalue weighted by molar-refractivity contribution is 0.0790. The normalized spacial score (nSPS) is 18.7. The average molecular weight is 417 g/mol. The number of fused-ring (bicyclic) bond motifs is 1. The second-order valence-electron chi connectivity index (χ2n) is 8.48. The lowest BCUT2D eigenvalue weighted by Gasteiger charge is -2.27. The van der Waals surface area contributed by atoms with E-state index in [9.17, 15) is 4.79 Å². The summed E-state index contributed by atoms with van der Waals surface area (Å²) >= 11 is 0. The van der Waals surface area contributed by atoms with Crippen molar-refractivity contribution in [2.24, 2.45) is 0 Å². The van der Waals surface area contributed by atoms with Crippen molar-refractivity contribution in [3.63, 3.8) is 0 Å². The van der Waals surface area contributed by atoms with E-state index in [0.717, 1.165) is 44.7 Å². The highest BCUT2D eigenvalue weighted by Crippen LogP contribution is 2.33. The number of benzene rings is 2. The minimum Gasteiger partial charge on any atom is -0.497 e. The van der Waals surface area contributed by atoms with Crippen LogP contribution >= 0.6 is 0 Å². The molecule has 3 heterocycles. The summed E-state index contributed by atoms with van der Waals surface area (Å²) in [6.07, 6.45) is 1.94. The summed E-state index contributed by atoms with van der Waals surface area (Å²) in [7, 11) is 1.62. The van der Waals surface area contributed by atoms with Crippen LogP contribution in [0.1, 0.15) is 45.2 Å². The Balaban J connectivity index is 1.28. The van der Waals surface area contributed by atoms with Gasteiger partial charge in [0.2, 0.25) is 0 Å². The standard InChI is InChI=1S/C25H28N4O2/c1-31-21-9-5-8-19(14-21)25(30)29-13-10-20(16-29)24-22-17-28(12-11-23(22)26-27-24)15-18-6-3-2-4-7-18/h2-9,14,20H,10-13,15-17H2,1H3,(H,26,27). The highest BCUT2D eigenvalue weighted by atomic mass is 16.5. The molecule has 1 unspecified atom stereocenters. The molecule has 0 saturated carbocycles. The number of aromatic amines is 1. The molecule has 1 N–H and O–H groups in total. The number of H-pyrrole nitrogens is 1. The first-order valence-electron chi connectivity index (χ1n) is 11.0. The van der Waals surface area contributed by atoms with Gasteiger partial charge in [0, 0.05) is 61.9 Å². The number of amides is 1. The van der Waals surface area contributed by atoms with E-state index in [1.165, 1.54) is 16.8 Å². The highest BCUT2D eigenvalue weighted by molar-refractivity contribution is 5.94. The Morgan fingerprint density at radius 1 is 1.16 bits per heavy atom. The Morgan fingerprint density at radius 3 is 2.87 bits per heavy atom. The summed E-state index contributed by atoms with van der Waals surface area (Å²) in [6.45, 7) is 4.38. The number of methoxy groups -OCH3 is 1. The molecule has 1 aromatic heterocycles. The summed E-state index contributed by atoms with van der Waals surface area (Å²) < 4.78 is 5.27. The molecular weight excluding hydrogens is 388 g/mol. The molecule has 1 amide bonds. The van der Waals surface area contributed by atoms with E-state index < -0.39 is 0 Å². The number of nitrogens with zero attached hydrogens (tertiary/aromatic N) is 3. The summed E-state index contributed by atoms with van der Waals surface area (Å²) in [6, 6.07) is 18.0. The minimum atomic E-state index is 0.0662. The van der Waals surface area contributed by atoms with Crippen LogP contribution in [-0.4, -0.2) is 52.6 Å². The van der Waals surface area contributed by atoms with E-state index in [4.69, 9.17) is 9.84 Å². The first-order valence-corrected chi connectivity index (χ1v) is 11.0. The minimum absolute atomic E-state index is 0.0662. The first-order chi connectivity index (χ1) is 15.2. The molecule has 160 valence electrons. The summed E-state index contributed by atoms with van der Waals surface area (Å²) in [5.41, 5.74) is 5.76. The number of aromatic nitrogens is 2. The zero-order valence-electron chi connectivity index (χ0n) is 17.9. The van der Waals surface area contributed by atoms with Gasteiger partial charge >= 0.3 is 0 Å². The third-order valence-corrected chi connectivity index (χ3v) is 6.47.